The lowest BCUT2D eigenvalue weighted by Gasteiger charge is -1.91. The van der Waals surface area contributed by atoms with Crippen LogP contribution in [0.25, 0.3) is 0 Å². The van der Waals surface area contributed by atoms with Gasteiger partial charge in [0.25, 0.3) is 0 Å². The van der Waals surface area contributed by atoms with Crippen LogP contribution in [0.5, 0.6) is 0 Å². The molecule has 98 valence electrons. The molecule has 0 aromatic carbocycles. The third-order valence-electron chi connectivity index (χ3n) is 1.80. The molecule has 0 bridgehead atoms. The highest BCUT2D eigenvalue weighted by atomic mass is 35.5. The Balaban J connectivity index is 0.000000283. The highest BCUT2D eigenvalue weighted by Gasteiger charge is 1.89. The fourth-order valence-electron chi connectivity index (χ4n) is 0.775. The van der Waals surface area contributed by atoms with E-state index in [0.717, 1.165) is 11.4 Å². The van der Waals surface area contributed by atoms with E-state index in [1.807, 2.05) is 27.7 Å². The summed E-state index contributed by atoms with van der Waals surface area (Å²) in [7, 11) is 0. The van der Waals surface area contributed by atoms with Crippen molar-refractivity contribution in [3.05, 3.63) is 41.5 Å². The third-order valence-corrected chi connectivity index (χ3v) is 2.17. The van der Waals surface area contributed by atoms with Crippen molar-refractivity contribution in [3.63, 3.8) is 0 Å². The Kier molecular flexibility index (Phi) is 8.39. The van der Waals surface area contributed by atoms with Crippen LogP contribution in [0, 0.1) is 13.8 Å². The minimum absolute atomic E-state index is 0.618. The van der Waals surface area contributed by atoms with Gasteiger partial charge in [-0.1, -0.05) is 25.4 Å². The molecule has 2 aromatic heterocycles. The van der Waals surface area contributed by atoms with Gasteiger partial charge in [-0.25, -0.2) is 19.9 Å². The van der Waals surface area contributed by atoms with E-state index in [2.05, 4.69) is 19.9 Å². The number of aromatic nitrogens is 4. The smallest absolute Gasteiger partial charge is 0.115 e. The van der Waals surface area contributed by atoms with Gasteiger partial charge >= 0.3 is 0 Å². The first-order chi connectivity index (χ1) is 8.61. The van der Waals surface area contributed by atoms with Crippen molar-refractivity contribution in [2.75, 3.05) is 5.73 Å². The molecule has 0 aliphatic carbocycles. The van der Waals surface area contributed by atoms with E-state index in [0.29, 0.717) is 10.7 Å². The standard InChI is InChI=1S/C5H5ClN2.C5H7N3.C2H6/c2*1-4-5(6)2-7-3-8-4;1-2/h2-3H,1H3;2-3H,6H2,1H3;1-2H3. The Morgan fingerprint density at radius 1 is 0.944 bits per heavy atom. The van der Waals surface area contributed by atoms with E-state index in [1.165, 1.54) is 12.7 Å². The molecule has 6 heteroatoms. The van der Waals surface area contributed by atoms with E-state index in [4.69, 9.17) is 17.3 Å². The summed E-state index contributed by atoms with van der Waals surface area (Å²) in [6.45, 7) is 7.68. The van der Waals surface area contributed by atoms with Crippen molar-refractivity contribution in [2.45, 2.75) is 27.7 Å². The van der Waals surface area contributed by atoms with Crippen molar-refractivity contribution < 1.29 is 0 Å². The van der Waals surface area contributed by atoms with E-state index in [1.54, 1.807) is 12.4 Å². The molecular formula is C12H18ClN5. The molecule has 0 aliphatic rings. The molecule has 0 fully saturated rings. The lowest BCUT2D eigenvalue weighted by atomic mass is 10.4. The van der Waals surface area contributed by atoms with Crippen LogP contribution >= 0.6 is 11.6 Å². The molecule has 0 saturated carbocycles. The first kappa shape index (κ1) is 16.2. The van der Waals surface area contributed by atoms with Crippen molar-refractivity contribution in [2.24, 2.45) is 0 Å². The number of halogens is 1. The van der Waals surface area contributed by atoms with Gasteiger partial charge in [0.1, 0.15) is 12.7 Å². The summed E-state index contributed by atoms with van der Waals surface area (Å²) in [6.07, 6.45) is 6.11. The largest absolute Gasteiger partial charge is 0.396 e. The number of hydrogen-bond donors (Lipinski definition) is 1. The lowest BCUT2D eigenvalue weighted by molar-refractivity contribution is 1.10. The summed E-state index contributed by atoms with van der Waals surface area (Å²) < 4.78 is 0. The second-order valence-corrected chi connectivity index (χ2v) is 3.43. The summed E-state index contributed by atoms with van der Waals surface area (Å²) in [5.41, 5.74) is 7.69. The molecule has 0 saturated heterocycles. The zero-order valence-corrected chi connectivity index (χ0v) is 11.8. The van der Waals surface area contributed by atoms with Crippen LogP contribution in [-0.2, 0) is 0 Å². The molecule has 2 N–H and O–H groups in total. The van der Waals surface area contributed by atoms with E-state index < -0.39 is 0 Å². The van der Waals surface area contributed by atoms with Gasteiger partial charge in [0.05, 0.1) is 28.3 Å². The van der Waals surface area contributed by atoms with Crippen LogP contribution in [0.1, 0.15) is 25.2 Å². The second-order valence-electron chi connectivity index (χ2n) is 3.02. The Morgan fingerprint density at radius 2 is 1.44 bits per heavy atom. The maximum Gasteiger partial charge on any atom is 0.115 e. The minimum Gasteiger partial charge on any atom is -0.396 e. The topological polar surface area (TPSA) is 77.6 Å². The van der Waals surface area contributed by atoms with Gasteiger partial charge in [-0.15, -0.1) is 0 Å². The van der Waals surface area contributed by atoms with E-state index in [-0.39, 0.29) is 0 Å². The van der Waals surface area contributed by atoms with Crippen LogP contribution < -0.4 is 5.73 Å². The van der Waals surface area contributed by atoms with E-state index >= 15 is 0 Å². The summed E-state index contributed by atoms with van der Waals surface area (Å²) in [5, 5.41) is 0.618. The number of anilines is 1. The number of rotatable bonds is 0. The zero-order chi connectivity index (χ0) is 14.0. The van der Waals surface area contributed by atoms with Gasteiger partial charge in [0.15, 0.2) is 0 Å². The van der Waals surface area contributed by atoms with Gasteiger partial charge in [-0.05, 0) is 13.8 Å². The normalized spacial score (nSPS) is 8.50. The number of aryl methyl sites for hydroxylation is 2. The molecule has 5 nitrogen and oxygen atoms in total. The quantitative estimate of drug-likeness (QED) is 0.794. The van der Waals surface area contributed by atoms with Crippen LogP contribution in [0.2, 0.25) is 5.02 Å². The van der Waals surface area contributed by atoms with Gasteiger partial charge in [-0.3, -0.25) is 0 Å². The minimum atomic E-state index is 0.618. The second kappa shape index (κ2) is 9.30. The van der Waals surface area contributed by atoms with Crippen molar-refractivity contribution in [3.8, 4) is 0 Å². The Morgan fingerprint density at radius 3 is 1.72 bits per heavy atom. The number of nitrogen functional groups attached to an aromatic ring is 1. The Hall–Kier alpha value is -1.75. The van der Waals surface area contributed by atoms with E-state index in [9.17, 15) is 0 Å². The first-order valence-electron chi connectivity index (χ1n) is 5.55. The molecule has 0 unspecified atom stereocenters. The zero-order valence-electron chi connectivity index (χ0n) is 11.1. The molecule has 2 aromatic rings. The van der Waals surface area contributed by atoms with Gasteiger partial charge < -0.3 is 5.73 Å². The molecular weight excluding hydrogens is 250 g/mol. The number of hydrogen-bond acceptors (Lipinski definition) is 5. The molecule has 2 rings (SSSR count). The highest BCUT2D eigenvalue weighted by molar-refractivity contribution is 6.31. The molecule has 0 amide bonds. The number of nitrogens with zero attached hydrogens (tertiary/aromatic N) is 4. The Bertz CT molecular complexity index is 376. The fourth-order valence-corrected chi connectivity index (χ4v) is 0.880. The Labute approximate surface area is 112 Å². The van der Waals surface area contributed by atoms with Gasteiger partial charge in [-0.2, -0.15) is 0 Å². The third kappa shape index (κ3) is 6.10. The van der Waals surface area contributed by atoms with Gasteiger partial charge in [0, 0.05) is 6.20 Å². The highest BCUT2D eigenvalue weighted by Crippen LogP contribution is 2.07. The maximum atomic E-state index is 5.58. The maximum absolute atomic E-state index is 5.58. The predicted octanol–water partition coefficient (Wildman–Crippen LogP) is 2.83. The van der Waals surface area contributed by atoms with Crippen LogP contribution in [0.4, 0.5) is 5.69 Å². The van der Waals surface area contributed by atoms with Crippen LogP contribution in [-0.4, -0.2) is 19.9 Å². The molecule has 0 atom stereocenters. The fraction of sp³-hybridized carbons (Fsp3) is 0.333. The summed E-state index contributed by atoms with van der Waals surface area (Å²) >= 11 is 5.58. The summed E-state index contributed by atoms with van der Waals surface area (Å²) in [5.74, 6) is 0. The van der Waals surface area contributed by atoms with Crippen molar-refractivity contribution >= 4 is 17.3 Å². The average molecular weight is 268 g/mol. The van der Waals surface area contributed by atoms with Crippen LogP contribution in [0.3, 0.4) is 0 Å². The van der Waals surface area contributed by atoms with Crippen molar-refractivity contribution in [1.82, 2.24) is 19.9 Å². The summed E-state index contributed by atoms with van der Waals surface area (Å²) in [6, 6.07) is 0. The monoisotopic (exact) mass is 267 g/mol. The van der Waals surface area contributed by atoms with Crippen LogP contribution in [0.15, 0.2) is 25.0 Å². The molecule has 0 aliphatic heterocycles. The number of nitrogens with two attached hydrogens (primary N) is 1. The molecule has 0 radical (unpaired) electrons. The van der Waals surface area contributed by atoms with Crippen molar-refractivity contribution in [1.29, 1.82) is 0 Å². The molecule has 2 heterocycles. The molecule has 0 spiro atoms. The predicted molar refractivity (Wildman–Crippen MR) is 74.3 cm³/mol. The summed E-state index contributed by atoms with van der Waals surface area (Å²) in [4.78, 5) is 15.1. The first-order valence-corrected chi connectivity index (χ1v) is 5.93. The average Bonchev–Trinajstić information content (AvgIpc) is 2.40. The SMILES string of the molecule is CC.Cc1ncncc1Cl.Cc1ncncc1N. The van der Waals surface area contributed by atoms with Gasteiger partial charge in [0.2, 0.25) is 0 Å². The lowest BCUT2D eigenvalue weighted by Crippen LogP contribution is -1.92. The molecule has 18 heavy (non-hydrogen) atoms.